The lowest BCUT2D eigenvalue weighted by Crippen LogP contribution is -2.42. The summed E-state index contributed by atoms with van der Waals surface area (Å²) in [6.07, 6.45) is 6.59. The number of carbonyl (C=O) groups excluding carboxylic acids is 1. The molecule has 3 N–H and O–H groups in total. The number of nitrogens with one attached hydrogen (secondary N) is 1. The Bertz CT molecular complexity index is 1520. The molecule has 3 aromatic rings. The third-order valence-corrected chi connectivity index (χ3v) is 11.6. The highest BCUT2D eigenvalue weighted by atomic mass is 32.3. The molecule has 1 aliphatic heterocycles. The Kier molecular flexibility index (Phi) is 8.26. The number of pyridine rings is 1. The van der Waals surface area contributed by atoms with Crippen LogP contribution in [-0.2, 0) is 4.79 Å². The van der Waals surface area contributed by atoms with Gasteiger partial charge in [-0.15, -0.1) is 11.3 Å². The van der Waals surface area contributed by atoms with Gasteiger partial charge in [0.05, 0.1) is 48.6 Å². The number of nitrogens with zero attached hydrogens (tertiary/aromatic N) is 4. The molecule has 3 aliphatic rings. The van der Waals surface area contributed by atoms with Crippen molar-refractivity contribution in [1.82, 2.24) is 15.3 Å². The molecule has 3 heterocycles. The van der Waals surface area contributed by atoms with Crippen LogP contribution in [0.25, 0.3) is 21.1 Å². The van der Waals surface area contributed by atoms with E-state index in [1.165, 1.54) is 11.3 Å². The molecule has 3 fully saturated rings. The SMILES string of the molecule is COc1cnc(-c2nc([C@@H]3CCCC[C@H]3C(=O)NC3(C#N)CC3)c(-c3ccc(N4CCS(O)(O)CC4)cc3)s2)c(OC)c1. The highest BCUT2D eigenvalue weighted by Crippen LogP contribution is 2.48. The first-order valence-electron chi connectivity index (χ1n) is 14.7. The van der Waals surface area contributed by atoms with Gasteiger partial charge in [-0.1, -0.05) is 25.0 Å². The van der Waals surface area contributed by atoms with Gasteiger partial charge in [-0.3, -0.25) is 13.9 Å². The Labute approximate surface area is 257 Å². The second-order valence-corrected chi connectivity index (χ2v) is 15.0. The van der Waals surface area contributed by atoms with Crippen molar-refractivity contribution >= 4 is 33.5 Å². The van der Waals surface area contributed by atoms with Crippen molar-refractivity contribution < 1.29 is 23.4 Å². The van der Waals surface area contributed by atoms with Gasteiger partial charge >= 0.3 is 0 Å². The summed E-state index contributed by atoms with van der Waals surface area (Å²) in [5.41, 5.74) is 2.80. The Hall–Kier alpha value is -3.37. The molecule has 43 heavy (non-hydrogen) atoms. The van der Waals surface area contributed by atoms with Gasteiger partial charge < -0.3 is 19.7 Å². The number of anilines is 1. The molecule has 1 aromatic carbocycles. The summed E-state index contributed by atoms with van der Waals surface area (Å²) in [6, 6.07) is 12.4. The van der Waals surface area contributed by atoms with E-state index in [9.17, 15) is 19.2 Å². The van der Waals surface area contributed by atoms with Crippen molar-refractivity contribution in [3.8, 4) is 38.7 Å². The van der Waals surface area contributed by atoms with E-state index in [0.717, 1.165) is 47.5 Å². The molecule has 1 saturated heterocycles. The van der Waals surface area contributed by atoms with Crippen LogP contribution < -0.4 is 19.7 Å². The van der Waals surface area contributed by atoms with Crippen LogP contribution in [0, 0.1) is 17.2 Å². The van der Waals surface area contributed by atoms with E-state index in [1.54, 1.807) is 26.5 Å². The van der Waals surface area contributed by atoms with Crippen molar-refractivity contribution in [3.05, 3.63) is 42.2 Å². The topological polar surface area (TPSA) is 141 Å². The molecule has 1 amide bonds. The van der Waals surface area contributed by atoms with Gasteiger partial charge in [-0.2, -0.15) is 15.9 Å². The number of hydrogen-bond acceptors (Lipinski definition) is 10. The van der Waals surface area contributed by atoms with Crippen molar-refractivity contribution in [2.24, 2.45) is 5.92 Å². The molecule has 0 unspecified atom stereocenters. The average Bonchev–Trinajstić information content (AvgIpc) is 3.67. The molecule has 228 valence electrons. The van der Waals surface area contributed by atoms with Crippen LogP contribution in [0.1, 0.15) is 50.1 Å². The first-order chi connectivity index (χ1) is 20.7. The Morgan fingerprint density at radius 1 is 1.14 bits per heavy atom. The maximum atomic E-state index is 13.6. The number of nitriles is 1. The molecular formula is C31H37N5O5S2. The summed E-state index contributed by atoms with van der Waals surface area (Å²) < 4.78 is 31.1. The van der Waals surface area contributed by atoms with Crippen LogP contribution in [0.4, 0.5) is 5.69 Å². The maximum absolute atomic E-state index is 13.6. The van der Waals surface area contributed by atoms with E-state index in [-0.39, 0.29) is 17.7 Å². The van der Waals surface area contributed by atoms with Crippen LogP contribution in [0.3, 0.4) is 0 Å². The smallest absolute Gasteiger partial charge is 0.225 e. The normalized spacial score (nSPS) is 23.1. The second-order valence-electron chi connectivity index (χ2n) is 11.6. The fraction of sp³-hybridized carbons (Fsp3) is 0.484. The fourth-order valence-corrected chi connectivity index (χ4v) is 8.42. The van der Waals surface area contributed by atoms with Crippen molar-refractivity contribution in [2.75, 3.05) is 43.7 Å². The van der Waals surface area contributed by atoms with Crippen LogP contribution >= 0.6 is 21.9 Å². The number of thiazole rings is 1. The minimum Gasteiger partial charge on any atom is -0.495 e. The van der Waals surface area contributed by atoms with Gasteiger partial charge in [-0.05, 0) is 43.4 Å². The van der Waals surface area contributed by atoms with E-state index >= 15 is 0 Å². The van der Waals surface area contributed by atoms with Crippen LogP contribution in [-0.4, -0.2) is 69.3 Å². The molecule has 0 radical (unpaired) electrons. The van der Waals surface area contributed by atoms with Gasteiger partial charge in [-0.25, -0.2) is 9.97 Å². The maximum Gasteiger partial charge on any atom is 0.225 e. The van der Waals surface area contributed by atoms with E-state index in [0.29, 0.717) is 59.6 Å². The highest BCUT2D eigenvalue weighted by Gasteiger charge is 2.47. The summed E-state index contributed by atoms with van der Waals surface area (Å²) >= 11 is 1.53. The number of amides is 1. The highest BCUT2D eigenvalue weighted by molar-refractivity contribution is 8.24. The molecule has 2 aromatic heterocycles. The van der Waals surface area contributed by atoms with Crippen molar-refractivity contribution in [2.45, 2.75) is 50.0 Å². The number of ether oxygens (including phenoxy) is 2. The summed E-state index contributed by atoms with van der Waals surface area (Å²) in [6.45, 7) is 1.20. The largest absolute Gasteiger partial charge is 0.495 e. The number of aromatic nitrogens is 2. The lowest BCUT2D eigenvalue weighted by atomic mass is 9.76. The van der Waals surface area contributed by atoms with Crippen LogP contribution in [0.5, 0.6) is 11.5 Å². The fourth-order valence-electron chi connectivity index (χ4n) is 6.04. The number of hydrogen-bond donors (Lipinski definition) is 3. The molecule has 0 bridgehead atoms. The Morgan fingerprint density at radius 3 is 2.51 bits per heavy atom. The molecule has 0 spiro atoms. The molecule has 10 nitrogen and oxygen atoms in total. The lowest BCUT2D eigenvalue weighted by Gasteiger charge is -2.41. The Morgan fingerprint density at radius 2 is 1.86 bits per heavy atom. The van der Waals surface area contributed by atoms with Gasteiger partial charge in [0.15, 0.2) is 5.75 Å². The zero-order chi connectivity index (χ0) is 30.2. The summed E-state index contributed by atoms with van der Waals surface area (Å²) in [5, 5.41) is 13.4. The van der Waals surface area contributed by atoms with Gasteiger partial charge in [0.25, 0.3) is 0 Å². The zero-order valence-corrected chi connectivity index (χ0v) is 26.0. The second kappa shape index (κ2) is 12.0. The number of carbonyl (C=O) groups is 1. The minimum atomic E-state index is -2.47. The molecular weight excluding hydrogens is 587 g/mol. The number of methoxy groups -OCH3 is 2. The number of benzene rings is 1. The van der Waals surface area contributed by atoms with Gasteiger partial charge in [0.2, 0.25) is 5.91 Å². The molecule has 2 saturated carbocycles. The molecule has 2 atom stereocenters. The lowest BCUT2D eigenvalue weighted by molar-refractivity contribution is -0.127. The van der Waals surface area contributed by atoms with Crippen LogP contribution in [0.15, 0.2) is 36.5 Å². The van der Waals surface area contributed by atoms with Gasteiger partial charge in [0, 0.05) is 36.7 Å². The average molecular weight is 624 g/mol. The first kappa shape index (κ1) is 29.7. The monoisotopic (exact) mass is 623 g/mol. The van der Waals surface area contributed by atoms with E-state index in [4.69, 9.17) is 14.5 Å². The summed E-state index contributed by atoms with van der Waals surface area (Å²) in [5.74, 6) is 1.47. The van der Waals surface area contributed by atoms with Gasteiger partial charge in [0.1, 0.15) is 22.0 Å². The minimum absolute atomic E-state index is 0.0594. The van der Waals surface area contributed by atoms with E-state index in [1.807, 2.05) is 0 Å². The molecule has 12 heteroatoms. The quantitative estimate of drug-likeness (QED) is 0.279. The molecule has 2 aliphatic carbocycles. The first-order valence-corrected chi connectivity index (χ1v) is 17.4. The standard InChI is InChI=1S/C31H37N5O5S2/c1-40-22-17-25(41-2)27(33-18-22)30-34-26(23-5-3-4-6-24(23)29(37)35-31(19-32)11-12-31)28(42-30)20-7-9-21(10-8-20)36-13-15-43(38,39)16-14-36/h7-10,17-18,23-24,38-39H,3-6,11-16H2,1-2H3,(H,35,37)/t23-,24-/m1/s1. The van der Waals surface area contributed by atoms with E-state index in [2.05, 4.69) is 45.5 Å². The van der Waals surface area contributed by atoms with E-state index < -0.39 is 16.1 Å². The Balaban J connectivity index is 1.38. The predicted molar refractivity (Wildman–Crippen MR) is 169 cm³/mol. The number of rotatable bonds is 8. The predicted octanol–water partition coefficient (Wildman–Crippen LogP) is 5.91. The third-order valence-electron chi connectivity index (χ3n) is 8.79. The van der Waals surface area contributed by atoms with Crippen molar-refractivity contribution in [3.63, 3.8) is 0 Å². The zero-order valence-electron chi connectivity index (χ0n) is 24.4. The summed E-state index contributed by atoms with van der Waals surface area (Å²) in [7, 11) is 0.708. The summed E-state index contributed by atoms with van der Waals surface area (Å²) in [4.78, 5) is 26.5. The van der Waals surface area contributed by atoms with Crippen molar-refractivity contribution in [1.29, 1.82) is 5.26 Å². The van der Waals surface area contributed by atoms with Crippen LogP contribution in [0.2, 0.25) is 0 Å². The molecule has 6 rings (SSSR count). The third kappa shape index (κ3) is 6.17.